The van der Waals surface area contributed by atoms with Crippen LogP contribution in [0, 0.1) is 0 Å². The summed E-state index contributed by atoms with van der Waals surface area (Å²) in [5.41, 5.74) is 0.968. The van der Waals surface area contributed by atoms with Gasteiger partial charge in [0.05, 0.1) is 0 Å². The lowest BCUT2D eigenvalue weighted by molar-refractivity contribution is -0.118. The Morgan fingerprint density at radius 1 is 1.31 bits per heavy atom. The summed E-state index contributed by atoms with van der Waals surface area (Å²) >= 11 is 0. The normalized spacial score (nSPS) is 29.7. The molecule has 2 unspecified atom stereocenters. The van der Waals surface area contributed by atoms with Crippen molar-refractivity contribution in [3.8, 4) is 5.75 Å². The van der Waals surface area contributed by atoms with Crippen molar-refractivity contribution in [3.05, 3.63) is 29.8 Å². The second-order valence-corrected chi connectivity index (χ2v) is 3.28. The van der Waals surface area contributed by atoms with E-state index >= 15 is 0 Å². The average Bonchev–Trinajstić information content (AvgIpc) is 2.66. The van der Waals surface area contributed by atoms with Crippen molar-refractivity contribution in [2.45, 2.75) is 12.2 Å². The van der Waals surface area contributed by atoms with Gasteiger partial charge in [-0.25, -0.2) is 0 Å². The molecule has 3 nitrogen and oxygen atoms in total. The molecule has 0 aromatic heterocycles. The standard InChI is InChI=1S/C10H8O3/c11-7-5-12-10-9(7)6-3-1-2-4-8(6)13-10/h1-4,9-10H,5H2. The first kappa shape index (κ1) is 7.09. The van der Waals surface area contributed by atoms with Crippen molar-refractivity contribution in [1.82, 2.24) is 0 Å². The van der Waals surface area contributed by atoms with Gasteiger partial charge < -0.3 is 9.47 Å². The summed E-state index contributed by atoms with van der Waals surface area (Å²) in [4.78, 5) is 11.4. The van der Waals surface area contributed by atoms with Gasteiger partial charge in [0, 0.05) is 5.56 Å². The Morgan fingerprint density at radius 2 is 2.15 bits per heavy atom. The van der Waals surface area contributed by atoms with Crippen LogP contribution in [0.25, 0.3) is 0 Å². The summed E-state index contributed by atoms with van der Waals surface area (Å²) in [7, 11) is 0. The molecule has 2 heterocycles. The number of benzene rings is 1. The molecule has 0 bridgehead atoms. The van der Waals surface area contributed by atoms with Gasteiger partial charge in [-0.1, -0.05) is 18.2 Å². The monoisotopic (exact) mass is 176 g/mol. The van der Waals surface area contributed by atoms with Crippen molar-refractivity contribution in [3.63, 3.8) is 0 Å². The lowest BCUT2D eigenvalue weighted by Gasteiger charge is -2.05. The highest BCUT2D eigenvalue weighted by Crippen LogP contribution is 2.41. The van der Waals surface area contributed by atoms with E-state index in [-0.39, 0.29) is 24.6 Å². The molecule has 0 aliphatic carbocycles. The molecule has 1 aromatic rings. The van der Waals surface area contributed by atoms with Gasteiger partial charge in [0.2, 0.25) is 6.29 Å². The van der Waals surface area contributed by atoms with Crippen LogP contribution in [0.5, 0.6) is 5.75 Å². The molecule has 2 aliphatic rings. The van der Waals surface area contributed by atoms with Gasteiger partial charge in [0.1, 0.15) is 18.3 Å². The molecule has 1 fully saturated rings. The fraction of sp³-hybridized carbons (Fsp3) is 0.300. The lowest BCUT2D eigenvalue weighted by atomic mass is 9.98. The number of Topliss-reactive ketones (excluding diaryl/α,β-unsaturated/α-hetero) is 1. The van der Waals surface area contributed by atoms with Crippen LogP contribution in [0.15, 0.2) is 24.3 Å². The number of hydrogen-bond donors (Lipinski definition) is 0. The molecule has 0 N–H and O–H groups in total. The Labute approximate surface area is 75.3 Å². The van der Waals surface area contributed by atoms with E-state index < -0.39 is 0 Å². The first-order valence-electron chi connectivity index (χ1n) is 4.26. The third-order valence-electron chi connectivity index (χ3n) is 2.51. The van der Waals surface area contributed by atoms with Crippen molar-refractivity contribution >= 4 is 5.78 Å². The van der Waals surface area contributed by atoms with E-state index in [1.807, 2.05) is 24.3 Å². The van der Waals surface area contributed by atoms with E-state index in [2.05, 4.69) is 0 Å². The van der Waals surface area contributed by atoms with E-state index in [4.69, 9.17) is 9.47 Å². The van der Waals surface area contributed by atoms with Gasteiger partial charge in [0.15, 0.2) is 5.78 Å². The Bertz CT molecular complexity index is 372. The molecule has 0 spiro atoms. The molecule has 0 saturated carbocycles. The zero-order valence-corrected chi connectivity index (χ0v) is 6.90. The second-order valence-electron chi connectivity index (χ2n) is 3.28. The highest BCUT2D eigenvalue weighted by atomic mass is 16.7. The molecule has 3 rings (SSSR count). The van der Waals surface area contributed by atoms with E-state index in [1.54, 1.807) is 0 Å². The summed E-state index contributed by atoms with van der Waals surface area (Å²) in [6.45, 7) is 0.184. The summed E-state index contributed by atoms with van der Waals surface area (Å²) < 4.78 is 10.7. The van der Waals surface area contributed by atoms with Gasteiger partial charge in [-0.3, -0.25) is 4.79 Å². The van der Waals surface area contributed by atoms with Crippen LogP contribution < -0.4 is 4.74 Å². The van der Waals surface area contributed by atoms with Crippen LogP contribution in [0.3, 0.4) is 0 Å². The van der Waals surface area contributed by atoms with E-state index in [0.717, 1.165) is 11.3 Å². The van der Waals surface area contributed by atoms with E-state index in [0.29, 0.717) is 0 Å². The molecule has 3 heteroatoms. The largest absolute Gasteiger partial charge is 0.463 e. The molecular weight excluding hydrogens is 168 g/mol. The first-order chi connectivity index (χ1) is 6.36. The molecule has 2 aliphatic heterocycles. The smallest absolute Gasteiger partial charge is 0.214 e. The maximum atomic E-state index is 11.4. The zero-order valence-electron chi connectivity index (χ0n) is 6.90. The second kappa shape index (κ2) is 2.33. The number of para-hydroxylation sites is 1. The molecule has 1 aromatic carbocycles. The number of hydrogen-bond acceptors (Lipinski definition) is 3. The molecule has 2 atom stereocenters. The number of carbonyl (C=O) groups excluding carboxylic acids is 1. The zero-order chi connectivity index (χ0) is 8.84. The van der Waals surface area contributed by atoms with Crippen molar-refractivity contribution < 1.29 is 14.3 Å². The topological polar surface area (TPSA) is 35.5 Å². The number of carbonyl (C=O) groups is 1. The molecular formula is C10H8O3. The summed E-state index contributed by atoms with van der Waals surface area (Å²) in [5.74, 6) is 0.719. The minimum atomic E-state index is -0.370. The number of rotatable bonds is 0. The van der Waals surface area contributed by atoms with Crippen molar-refractivity contribution in [1.29, 1.82) is 0 Å². The molecule has 0 amide bonds. The van der Waals surface area contributed by atoms with Crippen molar-refractivity contribution in [2.24, 2.45) is 0 Å². The van der Waals surface area contributed by atoms with Crippen LogP contribution in [-0.2, 0) is 9.53 Å². The Balaban J connectivity index is 2.13. The highest BCUT2D eigenvalue weighted by molar-refractivity contribution is 5.90. The van der Waals surface area contributed by atoms with Crippen LogP contribution >= 0.6 is 0 Å². The average molecular weight is 176 g/mol. The minimum absolute atomic E-state index is 0.120. The lowest BCUT2D eigenvalue weighted by Crippen LogP contribution is -2.16. The molecule has 1 saturated heterocycles. The first-order valence-corrected chi connectivity index (χ1v) is 4.26. The van der Waals surface area contributed by atoms with Crippen LogP contribution in [0.2, 0.25) is 0 Å². The van der Waals surface area contributed by atoms with Gasteiger partial charge in [-0.15, -0.1) is 0 Å². The molecule has 13 heavy (non-hydrogen) atoms. The highest BCUT2D eigenvalue weighted by Gasteiger charge is 2.44. The fourth-order valence-corrected chi connectivity index (χ4v) is 1.89. The maximum Gasteiger partial charge on any atom is 0.214 e. The van der Waals surface area contributed by atoms with Crippen LogP contribution in [-0.4, -0.2) is 18.7 Å². The summed E-state index contributed by atoms with van der Waals surface area (Å²) in [5, 5.41) is 0. The molecule has 0 radical (unpaired) electrons. The third-order valence-corrected chi connectivity index (χ3v) is 2.51. The quantitative estimate of drug-likeness (QED) is 0.593. The number of fused-ring (bicyclic) bond motifs is 3. The summed E-state index contributed by atoms with van der Waals surface area (Å²) in [6.07, 6.45) is -0.370. The molecule has 66 valence electrons. The predicted molar refractivity (Wildman–Crippen MR) is 44.6 cm³/mol. The van der Waals surface area contributed by atoms with Gasteiger partial charge in [-0.2, -0.15) is 0 Å². The van der Waals surface area contributed by atoms with Crippen molar-refractivity contribution in [2.75, 3.05) is 6.61 Å². The summed E-state index contributed by atoms with van der Waals surface area (Å²) in [6, 6.07) is 7.59. The maximum absolute atomic E-state index is 11.4. The Hall–Kier alpha value is -1.35. The van der Waals surface area contributed by atoms with E-state index in [1.165, 1.54) is 0 Å². The van der Waals surface area contributed by atoms with Crippen LogP contribution in [0.4, 0.5) is 0 Å². The van der Waals surface area contributed by atoms with Crippen LogP contribution in [0.1, 0.15) is 11.5 Å². The number of ether oxygens (including phenoxy) is 2. The van der Waals surface area contributed by atoms with Gasteiger partial charge in [-0.05, 0) is 6.07 Å². The fourth-order valence-electron chi connectivity index (χ4n) is 1.89. The third kappa shape index (κ3) is 0.848. The van der Waals surface area contributed by atoms with Gasteiger partial charge >= 0.3 is 0 Å². The minimum Gasteiger partial charge on any atom is -0.463 e. The Kier molecular flexibility index (Phi) is 1.27. The SMILES string of the molecule is O=C1COC2Oc3ccccc3C12. The predicted octanol–water partition coefficient (Wildman–Crippen LogP) is 1.09. The Morgan fingerprint density at radius 3 is 3.08 bits per heavy atom. The van der Waals surface area contributed by atoms with Gasteiger partial charge in [0.25, 0.3) is 0 Å². The number of ketones is 1. The van der Waals surface area contributed by atoms with E-state index in [9.17, 15) is 4.79 Å².